The highest BCUT2D eigenvalue weighted by atomic mass is 32.2. The lowest BCUT2D eigenvalue weighted by atomic mass is 10.0. The van der Waals surface area contributed by atoms with Crippen molar-refractivity contribution in [2.75, 3.05) is 12.0 Å². The fourth-order valence-electron chi connectivity index (χ4n) is 1.50. The molecule has 1 aliphatic heterocycles. The lowest BCUT2D eigenvalue weighted by Crippen LogP contribution is -2.24. The van der Waals surface area contributed by atoms with Gasteiger partial charge in [0.15, 0.2) is 9.84 Å². The van der Waals surface area contributed by atoms with Crippen LogP contribution in [-0.4, -0.2) is 32.1 Å². The topological polar surface area (TPSA) is 46.7 Å². The molecule has 66 valence electrons. The van der Waals surface area contributed by atoms with Crippen molar-refractivity contribution in [2.24, 2.45) is 0 Å². The van der Waals surface area contributed by atoms with Crippen molar-refractivity contribution in [2.45, 2.75) is 11.7 Å². The molecule has 0 aromatic carbocycles. The molecule has 0 aromatic heterocycles. The van der Waals surface area contributed by atoms with Crippen LogP contribution in [0.2, 0.25) is 0 Å². The second-order valence-electron chi connectivity index (χ2n) is 3.31. The third-order valence-electron chi connectivity index (χ3n) is 2.03. The van der Waals surface area contributed by atoms with Crippen molar-refractivity contribution in [1.29, 1.82) is 0 Å². The maximum absolute atomic E-state index is 11.0. The molecule has 2 rings (SSSR count). The van der Waals surface area contributed by atoms with E-state index >= 15 is 0 Å². The van der Waals surface area contributed by atoms with Crippen LogP contribution in [0.1, 0.15) is 0 Å². The van der Waals surface area contributed by atoms with Crippen molar-refractivity contribution in [3.8, 4) is 0 Å². The standard InChI is InChI=1S/C8H10O3S/c1-12(9,10)6-8-5-3-2-4-7(8)11-8/h2-5,7H,6H2,1H3. The predicted octanol–water partition coefficient (Wildman–Crippen LogP) is 0.295. The molecule has 0 amide bonds. The van der Waals surface area contributed by atoms with Gasteiger partial charge >= 0.3 is 0 Å². The first kappa shape index (κ1) is 8.01. The zero-order valence-corrected chi connectivity index (χ0v) is 7.54. The molecular formula is C8H10O3S. The van der Waals surface area contributed by atoms with Gasteiger partial charge in [0.05, 0.1) is 5.75 Å². The van der Waals surface area contributed by atoms with Crippen LogP contribution in [0, 0.1) is 0 Å². The van der Waals surface area contributed by atoms with E-state index in [2.05, 4.69) is 0 Å². The smallest absolute Gasteiger partial charge is 0.150 e. The highest BCUT2D eigenvalue weighted by Crippen LogP contribution is 2.41. The number of ether oxygens (including phenoxy) is 1. The maximum Gasteiger partial charge on any atom is 0.150 e. The van der Waals surface area contributed by atoms with Gasteiger partial charge < -0.3 is 4.74 Å². The average Bonchev–Trinajstić information content (AvgIpc) is 2.56. The number of epoxide rings is 1. The van der Waals surface area contributed by atoms with Gasteiger partial charge in [-0.05, 0) is 6.08 Å². The molecule has 4 heteroatoms. The number of hydrogen-bond donors (Lipinski definition) is 0. The Bertz CT molecular complexity index is 352. The molecule has 1 saturated heterocycles. The molecule has 0 radical (unpaired) electrons. The highest BCUT2D eigenvalue weighted by molar-refractivity contribution is 7.90. The monoisotopic (exact) mass is 186 g/mol. The Balaban J connectivity index is 2.18. The van der Waals surface area contributed by atoms with Gasteiger partial charge in [0.25, 0.3) is 0 Å². The number of hydrogen-bond acceptors (Lipinski definition) is 3. The van der Waals surface area contributed by atoms with E-state index in [0.29, 0.717) is 0 Å². The Morgan fingerprint density at radius 2 is 2.25 bits per heavy atom. The summed E-state index contributed by atoms with van der Waals surface area (Å²) in [5, 5.41) is 0. The molecule has 0 N–H and O–H groups in total. The number of rotatable bonds is 2. The molecule has 2 aliphatic rings. The number of sulfone groups is 1. The molecule has 2 unspecified atom stereocenters. The summed E-state index contributed by atoms with van der Waals surface area (Å²) in [4.78, 5) is 0. The van der Waals surface area contributed by atoms with Crippen LogP contribution < -0.4 is 0 Å². The maximum atomic E-state index is 11.0. The largest absolute Gasteiger partial charge is 0.356 e. The van der Waals surface area contributed by atoms with Crippen LogP contribution in [0.15, 0.2) is 24.3 Å². The first-order valence-electron chi connectivity index (χ1n) is 3.73. The Kier molecular flexibility index (Phi) is 1.47. The Hall–Kier alpha value is -0.610. The average molecular weight is 186 g/mol. The molecule has 0 aromatic rings. The minimum absolute atomic E-state index is 0.0165. The molecule has 0 spiro atoms. The molecule has 12 heavy (non-hydrogen) atoms. The second-order valence-corrected chi connectivity index (χ2v) is 5.45. The minimum Gasteiger partial charge on any atom is -0.356 e. The first-order valence-corrected chi connectivity index (χ1v) is 5.79. The van der Waals surface area contributed by atoms with Crippen LogP contribution in [0.3, 0.4) is 0 Å². The minimum atomic E-state index is -2.95. The Morgan fingerprint density at radius 1 is 1.50 bits per heavy atom. The van der Waals surface area contributed by atoms with Gasteiger partial charge in [-0.25, -0.2) is 8.42 Å². The van der Waals surface area contributed by atoms with Gasteiger partial charge in [-0.2, -0.15) is 0 Å². The van der Waals surface area contributed by atoms with E-state index in [-0.39, 0.29) is 11.9 Å². The van der Waals surface area contributed by atoms with Crippen molar-refractivity contribution in [1.82, 2.24) is 0 Å². The Labute approximate surface area is 71.6 Å². The van der Waals surface area contributed by atoms with Gasteiger partial charge in [0, 0.05) is 6.26 Å². The van der Waals surface area contributed by atoms with Gasteiger partial charge in [0.1, 0.15) is 11.7 Å². The van der Waals surface area contributed by atoms with Crippen LogP contribution in [0.4, 0.5) is 0 Å². The van der Waals surface area contributed by atoms with Crippen molar-refractivity contribution >= 4 is 9.84 Å². The summed E-state index contributed by atoms with van der Waals surface area (Å²) in [6, 6.07) is 0. The van der Waals surface area contributed by atoms with E-state index in [9.17, 15) is 8.42 Å². The van der Waals surface area contributed by atoms with Crippen LogP contribution in [-0.2, 0) is 14.6 Å². The molecule has 3 nitrogen and oxygen atoms in total. The van der Waals surface area contributed by atoms with Crippen molar-refractivity contribution < 1.29 is 13.2 Å². The third-order valence-corrected chi connectivity index (χ3v) is 3.01. The first-order chi connectivity index (χ1) is 5.52. The van der Waals surface area contributed by atoms with Crippen LogP contribution >= 0.6 is 0 Å². The fourth-order valence-corrected chi connectivity index (χ4v) is 2.64. The quantitative estimate of drug-likeness (QED) is 0.582. The van der Waals surface area contributed by atoms with E-state index in [4.69, 9.17) is 4.74 Å². The summed E-state index contributed by atoms with van der Waals surface area (Å²) < 4.78 is 27.3. The Morgan fingerprint density at radius 3 is 2.83 bits per heavy atom. The van der Waals surface area contributed by atoms with Gasteiger partial charge in [-0.15, -0.1) is 0 Å². The van der Waals surface area contributed by atoms with Crippen molar-refractivity contribution in [3.63, 3.8) is 0 Å². The lowest BCUT2D eigenvalue weighted by molar-refractivity contribution is 0.357. The van der Waals surface area contributed by atoms with E-state index in [1.807, 2.05) is 24.3 Å². The molecule has 2 atom stereocenters. The zero-order chi connectivity index (χ0) is 8.82. The van der Waals surface area contributed by atoms with Crippen molar-refractivity contribution in [3.05, 3.63) is 24.3 Å². The van der Waals surface area contributed by atoms with E-state index < -0.39 is 15.4 Å². The van der Waals surface area contributed by atoms with E-state index in [0.717, 1.165) is 0 Å². The molecular weight excluding hydrogens is 176 g/mol. The molecule has 0 saturated carbocycles. The van der Waals surface area contributed by atoms with E-state index in [1.54, 1.807) is 0 Å². The second kappa shape index (κ2) is 2.20. The molecule has 1 aliphatic carbocycles. The summed E-state index contributed by atoms with van der Waals surface area (Å²) in [5.41, 5.74) is -0.525. The normalized spacial score (nSPS) is 37.9. The summed E-state index contributed by atoms with van der Waals surface area (Å²) in [7, 11) is -2.95. The predicted molar refractivity (Wildman–Crippen MR) is 45.6 cm³/mol. The molecule has 1 heterocycles. The lowest BCUT2D eigenvalue weighted by Gasteiger charge is -2.06. The van der Waals surface area contributed by atoms with Crippen LogP contribution in [0.25, 0.3) is 0 Å². The number of fused-ring (bicyclic) bond motifs is 1. The number of allylic oxidation sites excluding steroid dienone is 2. The van der Waals surface area contributed by atoms with Gasteiger partial charge in [0.2, 0.25) is 0 Å². The summed E-state index contributed by atoms with van der Waals surface area (Å²) >= 11 is 0. The van der Waals surface area contributed by atoms with Gasteiger partial charge in [-0.3, -0.25) is 0 Å². The molecule has 0 bridgehead atoms. The zero-order valence-electron chi connectivity index (χ0n) is 6.73. The summed E-state index contributed by atoms with van der Waals surface area (Å²) in [6.07, 6.45) is 8.61. The summed E-state index contributed by atoms with van der Waals surface area (Å²) in [6.45, 7) is 0. The molecule has 1 fully saturated rings. The van der Waals surface area contributed by atoms with Gasteiger partial charge in [-0.1, -0.05) is 18.2 Å². The summed E-state index contributed by atoms with van der Waals surface area (Å²) in [5.74, 6) is 0.0888. The highest BCUT2D eigenvalue weighted by Gasteiger charge is 2.55. The van der Waals surface area contributed by atoms with Crippen LogP contribution in [0.5, 0.6) is 0 Å². The third kappa shape index (κ3) is 1.32. The van der Waals surface area contributed by atoms with E-state index in [1.165, 1.54) is 6.26 Å². The fraction of sp³-hybridized carbons (Fsp3) is 0.500. The SMILES string of the molecule is CS(=O)(=O)CC12C=CC=CC1O2.